The Morgan fingerprint density at radius 2 is 2.21 bits per heavy atom. The Labute approximate surface area is 79.5 Å². The van der Waals surface area contributed by atoms with Gasteiger partial charge in [-0.05, 0) is 13.0 Å². The lowest BCUT2D eigenvalue weighted by Crippen LogP contribution is -2.09. The number of aryl methyl sites for hydroxylation is 1. The van der Waals surface area contributed by atoms with Crippen LogP contribution in [0.25, 0.3) is 0 Å². The van der Waals surface area contributed by atoms with Gasteiger partial charge in [-0.2, -0.15) is 0 Å². The minimum atomic E-state index is -0.527. The standard InChI is InChI=1S/C7H8N4O3/c1-5-6(11(13)14)3-4-7(8-5)10(2)9-12/h3-4H,1-2H3. The molecule has 0 N–H and O–H groups in total. The zero-order chi connectivity index (χ0) is 10.7. The molecule has 0 amide bonds. The summed E-state index contributed by atoms with van der Waals surface area (Å²) in [5, 5.41) is 14.1. The number of nitro groups is 1. The van der Waals surface area contributed by atoms with Gasteiger partial charge in [0, 0.05) is 13.1 Å². The summed E-state index contributed by atoms with van der Waals surface area (Å²) in [6.45, 7) is 1.50. The van der Waals surface area contributed by atoms with E-state index in [9.17, 15) is 15.0 Å². The third-order valence-electron chi connectivity index (χ3n) is 1.69. The first-order chi connectivity index (χ1) is 6.56. The first-order valence-corrected chi connectivity index (χ1v) is 3.75. The first kappa shape index (κ1) is 10.0. The van der Waals surface area contributed by atoms with Gasteiger partial charge in [-0.15, -0.1) is 4.91 Å². The van der Waals surface area contributed by atoms with Crippen LogP contribution in [0, 0.1) is 21.9 Å². The van der Waals surface area contributed by atoms with Crippen molar-refractivity contribution in [3.05, 3.63) is 32.8 Å². The van der Waals surface area contributed by atoms with Crippen LogP contribution in [0.2, 0.25) is 0 Å². The Kier molecular flexibility index (Phi) is 2.70. The van der Waals surface area contributed by atoms with Crippen LogP contribution in [-0.2, 0) is 0 Å². The molecular formula is C7H8N4O3. The molecular weight excluding hydrogens is 188 g/mol. The number of nitrogens with zero attached hydrogens (tertiary/aromatic N) is 4. The first-order valence-electron chi connectivity index (χ1n) is 3.75. The van der Waals surface area contributed by atoms with E-state index in [1.54, 1.807) is 0 Å². The van der Waals surface area contributed by atoms with Crippen molar-refractivity contribution in [1.82, 2.24) is 4.98 Å². The molecule has 0 unspecified atom stereocenters. The topological polar surface area (TPSA) is 88.7 Å². The molecule has 1 rings (SSSR count). The summed E-state index contributed by atoms with van der Waals surface area (Å²) in [7, 11) is 1.42. The number of anilines is 1. The second-order valence-electron chi connectivity index (χ2n) is 2.64. The number of hydrogen-bond acceptors (Lipinski definition) is 5. The summed E-state index contributed by atoms with van der Waals surface area (Å²) in [5.41, 5.74) is 0.177. The fourth-order valence-corrected chi connectivity index (χ4v) is 0.955. The van der Waals surface area contributed by atoms with E-state index < -0.39 is 4.92 Å². The van der Waals surface area contributed by atoms with E-state index >= 15 is 0 Å². The molecule has 1 aromatic rings. The van der Waals surface area contributed by atoms with Crippen LogP contribution in [0.4, 0.5) is 11.5 Å². The predicted molar refractivity (Wildman–Crippen MR) is 49.8 cm³/mol. The summed E-state index contributed by atoms with van der Waals surface area (Å²) in [6, 6.07) is 2.66. The van der Waals surface area contributed by atoms with Gasteiger partial charge in [0.05, 0.1) is 10.2 Å². The molecule has 14 heavy (non-hydrogen) atoms. The monoisotopic (exact) mass is 196 g/mol. The second-order valence-corrected chi connectivity index (χ2v) is 2.64. The van der Waals surface area contributed by atoms with Gasteiger partial charge in [0.1, 0.15) is 5.69 Å². The van der Waals surface area contributed by atoms with E-state index in [1.165, 1.54) is 26.1 Å². The molecule has 0 aromatic carbocycles. The molecule has 0 fully saturated rings. The highest BCUT2D eigenvalue weighted by atomic mass is 16.6. The maximum Gasteiger partial charge on any atom is 0.290 e. The zero-order valence-corrected chi connectivity index (χ0v) is 7.67. The molecule has 7 nitrogen and oxygen atoms in total. The molecule has 0 radical (unpaired) electrons. The molecule has 0 aliphatic carbocycles. The van der Waals surface area contributed by atoms with Crippen LogP contribution < -0.4 is 5.01 Å². The maximum atomic E-state index is 10.4. The SMILES string of the molecule is Cc1nc(N(C)N=O)ccc1[N+](=O)[O-]. The lowest BCUT2D eigenvalue weighted by molar-refractivity contribution is -0.385. The van der Waals surface area contributed by atoms with Crippen LogP contribution in [0.5, 0.6) is 0 Å². The molecule has 74 valence electrons. The largest absolute Gasteiger partial charge is 0.290 e. The van der Waals surface area contributed by atoms with Crippen molar-refractivity contribution in [1.29, 1.82) is 0 Å². The average Bonchev–Trinajstić information content (AvgIpc) is 2.15. The van der Waals surface area contributed by atoms with Crippen molar-refractivity contribution in [2.45, 2.75) is 6.92 Å². The molecule has 0 saturated heterocycles. The molecule has 1 aromatic heterocycles. The molecule has 7 heteroatoms. The highest BCUT2D eigenvalue weighted by molar-refractivity contribution is 5.45. The molecule has 0 aliphatic heterocycles. The van der Waals surface area contributed by atoms with Crippen molar-refractivity contribution in [3.63, 3.8) is 0 Å². The van der Waals surface area contributed by atoms with Crippen LogP contribution in [-0.4, -0.2) is 17.0 Å². The van der Waals surface area contributed by atoms with Gasteiger partial charge < -0.3 is 0 Å². The normalized spacial score (nSPS) is 9.57. The zero-order valence-electron chi connectivity index (χ0n) is 7.67. The van der Waals surface area contributed by atoms with Crippen LogP contribution in [0.15, 0.2) is 17.4 Å². The van der Waals surface area contributed by atoms with Crippen LogP contribution in [0.3, 0.4) is 0 Å². The summed E-state index contributed by atoms with van der Waals surface area (Å²) >= 11 is 0. The van der Waals surface area contributed by atoms with Gasteiger partial charge in [0.25, 0.3) is 5.69 Å². The number of nitroso groups, excluding NO2 is 1. The molecule has 0 spiro atoms. The summed E-state index contributed by atoms with van der Waals surface area (Å²) in [5.74, 6) is 0.281. The van der Waals surface area contributed by atoms with Gasteiger partial charge in [-0.3, -0.25) is 10.1 Å². The summed E-state index contributed by atoms with van der Waals surface area (Å²) in [4.78, 5) is 23.9. The summed E-state index contributed by atoms with van der Waals surface area (Å²) in [6.07, 6.45) is 0. The Morgan fingerprint density at radius 3 is 2.64 bits per heavy atom. The fraction of sp³-hybridized carbons (Fsp3) is 0.286. The Hall–Kier alpha value is -2.05. The Bertz CT molecular complexity index is 379. The van der Waals surface area contributed by atoms with Crippen LogP contribution >= 0.6 is 0 Å². The van der Waals surface area contributed by atoms with E-state index in [4.69, 9.17) is 0 Å². The van der Waals surface area contributed by atoms with Gasteiger partial charge in [-0.25, -0.2) is 9.99 Å². The Balaban J connectivity index is 3.12. The second kappa shape index (κ2) is 3.77. The minimum Gasteiger partial charge on any atom is -0.258 e. The number of hydrogen-bond donors (Lipinski definition) is 0. The minimum absolute atomic E-state index is 0.0759. The maximum absolute atomic E-state index is 10.4. The fourth-order valence-electron chi connectivity index (χ4n) is 0.955. The van der Waals surface area contributed by atoms with Gasteiger partial charge in [-0.1, -0.05) is 0 Å². The third-order valence-corrected chi connectivity index (χ3v) is 1.69. The van der Waals surface area contributed by atoms with E-state index in [1.807, 2.05) is 0 Å². The predicted octanol–water partition coefficient (Wildman–Crippen LogP) is 1.42. The number of rotatable bonds is 3. The highest BCUT2D eigenvalue weighted by Crippen LogP contribution is 2.19. The quantitative estimate of drug-likeness (QED) is 0.414. The molecule has 1 heterocycles. The Morgan fingerprint density at radius 1 is 1.57 bits per heavy atom. The lowest BCUT2D eigenvalue weighted by Gasteiger charge is -2.07. The molecule has 0 atom stereocenters. The molecule has 0 saturated carbocycles. The average molecular weight is 196 g/mol. The van der Waals surface area contributed by atoms with Gasteiger partial charge >= 0.3 is 0 Å². The molecule has 0 bridgehead atoms. The number of aromatic nitrogens is 1. The van der Waals surface area contributed by atoms with E-state index in [2.05, 4.69) is 10.3 Å². The van der Waals surface area contributed by atoms with Crippen molar-refractivity contribution in [3.8, 4) is 0 Å². The smallest absolute Gasteiger partial charge is 0.258 e. The number of pyridine rings is 1. The van der Waals surface area contributed by atoms with E-state index in [-0.39, 0.29) is 17.2 Å². The van der Waals surface area contributed by atoms with Crippen molar-refractivity contribution < 1.29 is 4.92 Å². The van der Waals surface area contributed by atoms with Crippen LogP contribution in [0.1, 0.15) is 5.69 Å². The van der Waals surface area contributed by atoms with Crippen molar-refractivity contribution >= 4 is 11.5 Å². The van der Waals surface area contributed by atoms with E-state index in [0.29, 0.717) is 0 Å². The summed E-state index contributed by atoms with van der Waals surface area (Å²) < 4.78 is 0. The van der Waals surface area contributed by atoms with Gasteiger partial charge in [0.15, 0.2) is 5.82 Å². The van der Waals surface area contributed by atoms with Gasteiger partial charge in [0.2, 0.25) is 0 Å². The third kappa shape index (κ3) is 1.82. The van der Waals surface area contributed by atoms with E-state index in [0.717, 1.165) is 5.01 Å². The highest BCUT2D eigenvalue weighted by Gasteiger charge is 2.13. The van der Waals surface area contributed by atoms with Crippen molar-refractivity contribution in [2.24, 2.45) is 5.29 Å². The lowest BCUT2D eigenvalue weighted by atomic mass is 10.3. The van der Waals surface area contributed by atoms with Crippen molar-refractivity contribution in [2.75, 3.05) is 12.1 Å². The molecule has 0 aliphatic rings.